The van der Waals surface area contributed by atoms with Gasteiger partial charge in [0, 0.05) is 24.7 Å². The van der Waals surface area contributed by atoms with Gasteiger partial charge in [-0.25, -0.2) is 0 Å². The lowest BCUT2D eigenvalue weighted by molar-refractivity contribution is -0.153. The van der Waals surface area contributed by atoms with E-state index < -0.39 is 12.8 Å². The number of halogens is 3. The summed E-state index contributed by atoms with van der Waals surface area (Å²) in [6, 6.07) is 9.55. The van der Waals surface area contributed by atoms with Crippen LogP contribution in [0.3, 0.4) is 0 Å². The Labute approximate surface area is 172 Å². The Morgan fingerprint density at radius 2 is 1.83 bits per heavy atom. The summed E-state index contributed by atoms with van der Waals surface area (Å²) in [6.45, 7) is 0.324. The molecule has 30 heavy (non-hydrogen) atoms. The molecule has 9 heteroatoms. The summed E-state index contributed by atoms with van der Waals surface area (Å²) < 4.78 is 46.8. The van der Waals surface area contributed by atoms with Crippen molar-refractivity contribution in [3.05, 3.63) is 53.1 Å². The third kappa shape index (κ3) is 6.40. The minimum atomic E-state index is -4.45. The molecule has 6 nitrogen and oxygen atoms in total. The van der Waals surface area contributed by atoms with E-state index in [0.29, 0.717) is 28.8 Å². The first-order chi connectivity index (χ1) is 14.1. The molecule has 0 saturated heterocycles. The smallest absolute Gasteiger partial charge is 0.422 e. The number of hydrogen-bond acceptors (Lipinski definition) is 4. The molecule has 0 atom stereocenters. The third-order valence-corrected chi connectivity index (χ3v) is 4.34. The number of rotatable bonds is 8. The van der Waals surface area contributed by atoms with Gasteiger partial charge in [0.25, 0.3) is 5.91 Å². The fourth-order valence-electron chi connectivity index (χ4n) is 2.77. The molecule has 0 aliphatic rings. The molecule has 2 rings (SSSR count). The standard InChI is InChI=1S/C21H23F3N2O4/c1-13-15(20(28)25-2)5-4-6-16(13)26-19(27)10-8-14-7-9-17(18(11-14)29-3)30-12-21(22,23)24/h4-7,9,11H,8,10,12H2,1-3H3,(H,25,28)(H,26,27). The summed E-state index contributed by atoms with van der Waals surface area (Å²) in [5.41, 5.74) is 2.36. The topological polar surface area (TPSA) is 76.7 Å². The van der Waals surface area contributed by atoms with E-state index in [1.165, 1.54) is 26.3 Å². The molecule has 0 radical (unpaired) electrons. The number of ether oxygens (including phenoxy) is 2. The highest BCUT2D eigenvalue weighted by Gasteiger charge is 2.29. The SMILES string of the molecule is CNC(=O)c1cccc(NC(=O)CCc2ccc(OCC(F)(F)F)c(OC)c2)c1C. The summed E-state index contributed by atoms with van der Waals surface area (Å²) in [5, 5.41) is 5.32. The van der Waals surface area contributed by atoms with Gasteiger partial charge in [0.1, 0.15) is 0 Å². The minimum absolute atomic E-state index is 0.0235. The van der Waals surface area contributed by atoms with E-state index in [0.717, 1.165) is 0 Å². The van der Waals surface area contributed by atoms with Gasteiger partial charge in [-0.1, -0.05) is 12.1 Å². The van der Waals surface area contributed by atoms with Crippen LogP contribution in [-0.4, -0.2) is 38.8 Å². The van der Waals surface area contributed by atoms with Crippen molar-refractivity contribution in [2.24, 2.45) is 0 Å². The van der Waals surface area contributed by atoms with Crippen molar-refractivity contribution < 1.29 is 32.2 Å². The zero-order chi connectivity index (χ0) is 22.3. The molecule has 0 aliphatic heterocycles. The molecule has 0 spiro atoms. The van der Waals surface area contributed by atoms with E-state index in [1.807, 2.05) is 0 Å². The van der Waals surface area contributed by atoms with Crippen molar-refractivity contribution in [2.45, 2.75) is 25.9 Å². The van der Waals surface area contributed by atoms with Gasteiger partial charge in [-0.2, -0.15) is 13.2 Å². The summed E-state index contributed by atoms with van der Waals surface area (Å²) >= 11 is 0. The molecule has 0 aromatic heterocycles. The van der Waals surface area contributed by atoms with Gasteiger partial charge in [0.2, 0.25) is 5.91 Å². The normalized spacial score (nSPS) is 11.0. The average molecular weight is 424 g/mol. The van der Waals surface area contributed by atoms with Crippen molar-refractivity contribution in [2.75, 3.05) is 26.1 Å². The Balaban J connectivity index is 2.00. The average Bonchev–Trinajstić information content (AvgIpc) is 2.71. The lowest BCUT2D eigenvalue weighted by Crippen LogP contribution is -2.20. The zero-order valence-corrected chi connectivity index (χ0v) is 16.9. The number of alkyl halides is 3. The van der Waals surface area contributed by atoms with E-state index in [4.69, 9.17) is 9.47 Å². The van der Waals surface area contributed by atoms with E-state index in [2.05, 4.69) is 10.6 Å². The first kappa shape index (κ1) is 23.1. The van der Waals surface area contributed by atoms with Crippen LogP contribution in [0.2, 0.25) is 0 Å². The van der Waals surface area contributed by atoms with E-state index in [1.54, 1.807) is 31.2 Å². The van der Waals surface area contributed by atoms with Gasteiger partial charge in [-0.05, 0) is 48.7 Å². The Morgan fingerprint density at radius 3 is 2.47 bits per heavy atom. The van der Waals surface area contributed by atoms with Crippen LogP contribution in [0.4, 0.5) is 18.9 Å². The molecule has 2 aromatic rings. The van der Waals surface area contributed by atoms with Crippen LogP contribution in [0, 0.1) is 6.92 Å². The van der Waals surface area contributed by atoms with Crippen molar-refractivity contribution in [1.82, 2.24) is 5.32 Å². The maximum Gasteiger partial charge on any atom is 0.422 e. The Morgan fingerprint density at radius 1 is 1.10 bits per heavy atom. The van der Waals surface area contributed by atoms with Crippen molar-refractivity contribution in [3.8, 4) is 11.5 Å². The first-order valence-corrected chi connectivity index (χ1v) is 9.12. The molecule has 0 saturated carbocycles. The fraction of sp³-hybridized carbons (Fsp3) is 0.333. The second-order valence-electron chi connectivity index (χ2n) is 6.49. The second-order valence-corrected chi connectivity index (χ2v) is 6.49. The highest BCUT2D eigenvalue weighted by Crippen LogP contribution is 2.30. The summed E-state index contributed by atoms with van der Waals surface area (Å²) in [5.74, 6) is -0.372. The molecule has 0 aliphatic carbocycles. The maximum absolute atomic E-state index is 12.3. The second kappa shape index (κ2) is 10.00. The van der Waals surface area contributed by atoms with Crippen molar-refractivity contribution >= 4 is 17.5 Å². The molecule has 2 amide bonds. The predicted octanol–water partition coefficient (Wildman–Crippen LogP) is 3.88. The number of amides is 2. The molecule has 0 heterocycles. The fourth-order valence-corrected chi connectivity index (χ4v) is 2.77. The number of aryl methyl sites for hydroxylation is 1. The highest BCUT2D eigenvalue weighted by molar-refractivity contribution is 5.99. The van der Waals surface area contributed by atoms with Crippen LogP contribution in [0.15, 0.2) is 36.4 Å². The van der Waals surface area contributed by atoms with Gasteiger partial charge in [0.15, 0.2) is 18.1 Å². The summed E-state index contributed by atoms with van der Waals surface area (Å²) in [7, 11) is 2.86. The molecule has 0 bridgehead atoms. The molecule has 0 fully saturated rings. The first-order valence-electron chi connectivity index (χ1n) is 9.12. The Hall–Kier alpha value is -3.23. The van der Waals surface area contributed by atoms with Gasteiger partial charge in [-0.3, -0.25) is 9.59 Å². The molecular weight excluding hydrogens is 401 g/mol. The van der Waals surface area contributed by atoms with Crippen molar-refractivity contribution in [1.29, 1.82) is 0 Å². The molecule has 2 aromatic carbocycles. The lowest BCUT2D eigenvalue weighted by Gasteiger charge is -2.14. The molecule has 162 valence electrons. The number of hydrogen-bond donors (Lipinski definition) is 2. The van der Waals surface area contributed by atoms with Crippen LogP contribution < -0.4 is 20.1 Å². The number of carbonyl (C=O) groups excluding carboxylic acids is 2. The van der Waals surface area contributed by atoms with E-state index >= 15 is 0 Å². The maximum atomic E-state index is 12.3. The third-order valence-electron chi connectivity index (χ3n) is 4.34. The van der Waals surface area contributed by atoms with Gasteiger partial charge in [-0.15, -0.1) is 0 Å². The largest absolute Gasteiger partial charge is 0.493 e. The van der Waals surface area contributed by atoms with E-state index in [-0.39, 0.29) is 29.7 Å². The van der Waals surface area contributed by atoms with Gasteiger partial charge in [0.05, 0.1) is 7.11 Å². The monoisotopic (exact) mass is 424 g/mol. The number of nitrogens with one attached hydrogen (secondary N) is 2. The number of methoxy groups -OCH3 is 1. The van der Waals surface area contributed by atoms with Gasteiger partial charge < -0.3 is 20.1 Å². The highest BCUT2D eigenvalue weighted by atomic mass is 19.4. The van der Waals surface area contributed by atoms with Crippen LogP contribution in [0.5, 0.6) is 11.5 Å². The minimum Gasteiger partial charge on any atom is -0.493 e. The van der Waals surface area contributed by atoms with Crippen molar-refractivity contribution in [3.63, 3.8) is 0 Å². The summed E-state index contributed by atoms with van der Waals surface area (Å²) in [4.78, 5) is 24.2. The van der Waals surface area contributed by atoms with Crippen LogP contribution in [0.25, 0.3) is 0 Å². The Bertz CT molecular complexity index is 914. The number of benzene rings is 2. The molecular formula is C21H23F3N2O4. The lowest BCUT2D eigenvalue weighted by atomic mass is 10.1. The zero-order valence-electron chi connectivity index (χ0n) is 16.9. The van der Waals surface area contributed by atoms with E-state index in [9.17, 15) is 22.8 Å². The number of anilines is 1. The molecule has 0 unspecified atom stereocenters. The van der Waals surface area contributed by atoms with Crippen LogP contribution in [0.1, 0.15) is 27.9 Å². The quantitative estimate of drug-likeness (QED) is 0.675. The predicted molar refractivity (Wildman–Crippen MR) is 106 cm³/mol. The van der Waals surface area contributed by atoms with Gasteiger partial charge >= 0.3 is 6.18 Å². The number of carbonyl (C=O) groups is 2. The van der Waals surface area contributed by atoms with Crippen LogP contribution in [-0.2, 0) is 11.2 Å². The summed E-state index contributed by atoms with van der Waals surface area (Å²) in [6.07, 6.45) is -3.97. The Kier molecular flexibility index (Phi) is 7.68. The molecule has 2 N–H and O–H groups in total. The van der Waals surface area contributed by atoms with Crippen LogP contribution >= 0.6 is 0 Å².